The molecule has 1 aliphatic carbocycles. The van der Waals surface area contributed by atoms with E-state index in [0.29, 0.717) is 11.3 Å². The maximum atomic E-state index is 11.0. The van der Waals surface area contributed by atoms with Crippen LogP contribution in [0.4, 0.5) is 5.69 Å². The highest BCUT2D eigenvalue weighted by molar-refractivity contribution is 6.24. The molecule has 0 bridgehead atoms. The maximum absolute atomic E-state index is 11.0. The second-order valence-corrected chi connectivity index (χ2v) is 4.56. The van der Waals surface area contributed by atoms with Gasteiger partial charge in [-0.05, 0) is 17.2 Å². The van der Waals surface area contributed by atoms with Crippen molar-refractivity contribution in [3.8, 4) is 11.1 Å². The largest absolute Gasteiger partial charge is 0.332 e. The van der Waals surface area contributed by atoms with Crippen LogP contribution in [0.15, 0.2) is 47.6 Å². The molecule has 0 unspecified atom stereocenters. The van der Waals surface area contributed by atoms with Gasteiger partial charge in [0.05, 0.1) is 4.92 Å². The van der Waals surface area contributed by atoms with E-state index in [1.807, 2.05) is 24.3 Å². The van der Waals surface area contributed by atoms with Crippen LogP contribution in [0.3, 0.4) is 0 Å². The molecule has 0 heterocycles. The van der Waals surface area contributed by atoms with Crippen LogP contribution in [-0.2, 0) is 9.63 Å². The molecule has 0 aliphatic heterocycles. The highest BCUT2D eigenvalue weighted by atomic mass is 16.7. The zero-order chi connectivity index (χ0) is 15.0. The van der Waals surface area contributed by atoms with E-state index in [4.69, 9.17) is 4.84 Å². The first-order valence-electron chi connectivity index (χ1n) is 6.22. The fraction of sp³-hybridized carbons (Fsp3) is 0.0667. The van der Waals surface area contributed by atoms with Crippen LogP contribution in [0.1, 0.15) is 18.1 Å². The van der Waals surface area contributed by atoms with Gasteiger partial charge in [0, 0.05) is 30.2 Å². The zero-order valence-corrected chi connectivity index (χ0v) is 11.1. The van der Waals surface area contributed by atoms with Crippen LogP contribution < -0.4 is 0 Å². The monoisotopic (exact) mass is 282 g/mol. The Morgan fingerprint density at radius 1 is 1.10 bits per heavy atom. The quantitative estimate of drug-likeness (QED) is 0.411. The van der Waals surface area contributed by atoms with Gasteiger partial charge in [-0.3, -0.25) is 10.1 Å². The lowest BCUT2D eigenvalue weighted by Crippen LogP contribution is -2.02. The fourth-order valence-corrected chi connectivity index (χ4v) is 2.35. The Morgan fingerprint density at radius 3 is 2.43 bits per heavy atom. The molecule has 0 fully saturated rings. The predicted molar refractivity (Wildman–Crippen MR) is 75.9 cm³/mol. The van der Waals surface area contributed by atoms with Crippen molar-refractivity contribution in [2.24, 2.45) is 5.16 Å². The number of oxime groups is 1. The molecule has 0 atom stereocenters. The summed E-state index contributed by atoms with van der Waals surface area (Å²) in [6.07, 6.45) is 0. The van der Waals surface area contributed by atoms with Crippen molar-refractivity contribution in [1.29, 1.82) is 0 Å². The number of hydrogen-bond donors (Lipinski definition) is 0. The lowest BCUT2D eigenvalue weighted by atomic mass is 10.1. The van der Waals surface area contributed by atoms with Crippen LogP contribution in [0.25, 0.3) is 11.1 Å². The molecule has 6 heteroatoms. The van der Waals surface area contributed by atoms with E-state index in [0.717, 1.165) is 16.7 Å². The lowest BCUT2D eigenvalue weighted by Gasteiger charge is -2.00. The molecule has 21 heavy (non-hydrogen) atoms. The van der Waals surface area contributed by atoms with E-state index in [-0.39, 0.29) is 5.69 Å². The highest BCUT2D eigenvalue weighted by Crippen LogP contribution is 2.38. The molecule has 3 rings (SSSR count). The Bertz CT molecular complexity index is 796. The Morgan fingerprint density at radius 2 is 1.76 bits per heavy atom. The Labute approximate surface area is 119 Å². The Kier molecular flexibility index (Phi) is 2.98. The van der Waals surface area contributed by atoms with Gasteiger partial charge in [0.2, 0.25) is 0 Å². The van der Waals surface area contributed by atoms with Crippen LogP contribution in [0, 0.1) is 10.1 Å². The van der Waals surface area contributed by atoms with Crippen molar-refractivity contribution < 1.29 is 14.6 Å². The zero-order valence-electron chi connectivity index (χ0n) is 11.1. The predicted octanol–water partition coefficient (Wildman–Crippen LogP) is 2.89. The van der Waals surface area contributed by atoms with Gasteiger partial charge < -0.3 is 4.84 Å². The van der Waals surface area contributed by atoms with Gasteiger partial charge in [0.15, 0.2) is 0 Å². The summed E-state index contributed by atoms with van der Waals surface area (Å²) in [5.74, 6) is -0.543. The van der Waals surface area contributed by atoms with Crippen molar-refractivity contribution in [1.82, 2.24) is 0 Å². The molecule has 104 valence electrons. The maximum Gasteiger partial charge on any atom is 0.332 e. The van der Waals surface area contributed by atoms with E-state index in [1.165, 1.54) is 19.1 Å². The van der Waals surface area contributed by atoms with E-state index in [9.17, 15) is 14.9 Å². The number of carbonyl (C=O) groups excluding carboxylic acids is 1. The summed E-state index contributed by atoms with van der Waals surface area (Å²) in [5, 5.41) is 14.8. The van der Waals surface area contributed by atoms with Gasteiger partial charge in [0.25, 0.3) is 5.69 Å². The second-order valence-electron chi connectivity index (χ2n) is 4.56. The minimum Gasteiger partial charge on any atom is -0.318 e. The van der Waals surface area contributed by atoms with Gasteiger partial charge in [0.1, 0.15) is 5.71 Å². The number of rotatable bonds is 2. The molecule has 0 saturated heterocycles. The number of nitro benzene ring substituents is 1. The molecular formula is C15H10N2O4. The summed E-state index contributed by atoms with van der Waals surface area (Å²) in [6.45, 7) is 1.25. The van der Waals surface area contributed by atoms with Crippen molar-refractivity contribution in [2.75, 3.05) is 0 Å². The highest BCUT2D eigenvalue weighted by Gasteiger charge is 2.27. The number of carbonyl (C=O) groups is 1. The van der Waals surface area contributed by atoms with Crippen molar-refractivity contribution in [3.63, 3.8) is 0 Å². The topological polar surface area (TPSA) is 81.8 Å². The SMILES string of the molecule is CC(=O)O/N=C1/c2ccccc2-c2ccc([N+](=O)[O-])cc21. The van der Waals surface area contributed by atoms with Crippen LogP contribution in [-0.4, -0.2) is 16.6 Å². The molecule has 2 aromatic carbocycles. The number of nitrogens with zero attached hydrogens (tertiary/aromatic N) is 2. The van der Waals surface area contributed by atoms with Gasteiger partial charge in [-0.15, -0.1) is 0 Å². The number of non-ortho nitro benzene ring substituents is 1. The second kappa shape index (κ2) is 4.82. The fourth-order valence-electron chi connectivity index (χ4n) is 2.35. The average Bonchev–Trinajstić information content (AvgIpc) is 2.78. The van der Waals surface area contributed by atoms with Crippen molar-refractivity contribution in [3.05, 3.63) is 63.7 Å². The molecule has 6 nitrogen and oxygen atoms in total. The summed E-state index contributed by atoms with van der Waals surface area (Å²) in [5.41, 5.74) is 3.52. The van der Waals surface area contributed by atoms with Crippen molar-refractivity contribution in [2.45, 2.75) is 6.92 Å². The minimum absolute atomic E-state index is 0.0305. The van der Waals surface area contributed by atoms with Crippen LogP contribution >= 0.6 is 0 Å². The Hall–Kier alpha value is -3.02. The number of fused-ring (bicyclic) bond motifs is 3. The van der Waals surface area contributed by atoms with Crippen molar-refractivity contribution >= 4 is 17.4 Å². The minimum atomic E-state index is -0.543. The van der Waals surface area contributed by atoms with Gasteiger partial charge in [-0.2, -0.15) is 0 Å². The van der Waals surface area contributed by atoms with Gasteiger partial charge in [-0.25, -0.2) is 4.79 Å². The van der Waals surface area contributed by atoms with Crippen LogP contribution in [0.5, 0.6) is 0 Å². The first-order chi connectivity index (χ1) is 10.1. The third-order valence-electron chi connectivity index (χ3n) is 3.21. The average molecular weight is 282 g/mol. The third-order valence-corrected chi connectivity index (χ3v) is 3.21. The Balaban J connectivity index is 2.22. The van der Waals surface area contributed by atoms with Gasteiger partial charge in [-0.1, -0.05) is 29.4 Å². The molecule has 0 amide bonds. The van der Waals surface area contributed by atoms with E-state index in [1.54, 1.807) is 6.07 Å². The normalized spacial score (nSPS) is 13.7. The summed E-state index contributed by atoms with van der Waals surface area (Å²) < 4.78 is 0. The first kappa shape index (κ1) is 13.0. The molecular weight excluding hydrogens is 272 g/mol. The van der Waals surface area contributed by atoms with E-state index >= 15 is 0 Å². The van der Waals surface area contributed by atoms with Gasteiger partial charge >= 0.3 is 5.97 Å². The third kappa shape index (κ3) is 2.16. The number of nitro groups is 1. The smallest absolute Gasteiger partial charge is 0.318 e. The van der Waals surface area contributed by atoms with E-state index in [2.05, 4.69) is 5.16 Å². The molecule has 2 aromatic rings. The summed E-state index contributed by atoms with van der Waals surface area (Å²) in [6, 6.07) is 12.0. The first-order valence-corrected chi connectivity index (χ1v) is 6.22. The van der Waals surface area contributed by atoms with E-state index < -0.39 is 10.9 Å². The summed E-state index contributed by atoms with van der Waals surface area (Å²) >= 11 is 0. The lowest BCUT2D eigenvalue weighted by molar-refractivity contribution is -0.384. The molecule has 0 radical (unpaired) electrons. The van der Waals surface area contributed by atoms with Crippen LogP contribution in [0.2, 0.25) is 0 Å². The summed E-state index contributed by atoms with van der Waals surface area (Å²) in [4.78, 5) is 26.1. The molecule has 0 aromatic heterocycles. The molecule has 0 spiro atoms. The number of hydrogen-bond acceptors (Lipinski definition) is 5. The molecule has 0 saturated carbocycles. The molecule has 0 N–H and O–H groups in total. The standard InChI is InChI=1S/C15H10N2O4/c1-9(18)21-16-15-13-5-3-2-4-11(13)12-7-6-10(17(19)20)8-14(12)15/h2-8H,1H3/b16-15-. The number of benzene rings is 2. The summed E-state index contributed by atoms with van der Waals surface area (Å²) in [7, 11) is 0. The molecule has 1 aliphatic rings.